The summed E-state index contributed by atoms with van der Waals surface area (Å²) in [5, 5.41) is 12.3. The molecular weight excluding hydrogens is 294 g/mol. The number of ether oxygens (including phenoxy) is 1. The number of aliphatic carboxylic acids is 1. The normalized spacial score (nSPS) is 14.0. The van der Waals surface area contributed by atoms with Crippen LogP contribution in [-0.4, -0.2) is 29.3 Å². The Bertz CT molecular complexity index is 562. The maximum atomic E-state index is 11.9. The number of hydrogen-bond acceptors (Lipinski definition) is 3. The van der Waals surface area contributed by atoms with Gasteiger partial charge in [-0.3, -0.25) is 4.79 Å². The van der Waals surface area contributed by atoms with Crippen molar-refractivity contribution in [1.82, 2.24) is 5.32 Å². The van der Waals surface area contributed by atoms with Gasteiger partial charge < -0.3 is 15.2 Å². The standard InChI is InChI=1S/C18H27NO4/c1-6-18(15(20)21,11-14-10-8-7-9-13(14)2)12-19-16(22)23-17(3,4)5/h7-10H,6,11-12H2,1-5H3,(H,19,22)(H,20,21). The van der Waals surface area contributed by atoms with Gasteiger partial charge in [0.15, 0.2) is 0 Å². The average molecular weight is 321 g/mol. The highest BCUT2D eigenvalue weighted by atomic mass is 16.6. The number of carboxylic acid groups (broad SMARTS) is 1. The summed E-state index contributed by atoms with van der Waals surface area (Å²) >= 11 is 0. The lowest BCUT2D eigenvalue weighted by Crippen LogP contribution is -2.45. The summed E-state index contributed by atoms with van der Waals surface area (Å²) in [5.74, 6) is -0.917. The lowest BCUT2D eigenvalue weighted by molar-refractivity contribution is -0.148. The Hall–Kier alpha value is -2.04. The maximum absolute atomic E-state index is 11.9. The van der Waals surface area contributed by atoms with Gasteiger partial charge in [0, 0.05) is 6.54 Å². The molecule has 0 aromatic heterocycles. The van der Waals surface area contributed by atoms with Crippen molar-refractivity contribution in [2.45, 2.75) is 53.1 Å². The topological polar surface area (TPSA) is 75.6 Å². The van der Waals surface area contributed by atoms with Crippen LogP contribution in [0.1, 0.15) is 45.2 Å². The zero-order valence-corrected chi connectivity index (χ0v) is 14.6. The zero-order valence-electron chi connectivity index (χ0n) is 14.6. The van der Waals surface area contributed by atoms with E-state index < -0.39 is 23.1 Å². The second kappa shape index (κ2) is 7.49. The molecule has 0 aliphatic carbocycles. The molecule has 1 aromatic carbocycles. The van der Waals surface area contributed by atoms with Crippen molar-refractivity contribution in [2.24, 2.45) is 5.41 Å². The predicted molar refractivity (Wildman–Crippen MR) is 89.5 cm³/mol. The van der Waals surface area contributed by atoms with E-state index in [1.54, 1.807) is 20.8 Å². The summed E-state index contributed by atoms with van der Waals surface area (Å²) in [7, 11) is 0. The third-order valence-electron chi connectivity index (χ3n) is 3.89. The van der Waals surface area contributed by atoms with Crippen molar-refractivity contribution in [2.75, 3.05) is 6.54 Å². The molecule has 2 N–H and O–H groups in total. The van der Waals surface area contributed by atoms with Gasteiger partial charge >= 0.3 is 12.1 Å². The second-order valence-electron chi connectivity index (χ2n) is 6.90. The van der Waals surface area contributed by atoms with Crippen molar-refractivity contribution < 1.29 is 19.4 Å². The Morgan fingerprint density at radius 3 is 2.30 bits per heavy atom. The van der Waals surface area contributed by atoms with Crippen molar-refractivity contribution in [3.63, 3.8) is 0 Å². The van der Waals surface area contributed by atoms with Crippen LogP contribution >= 0.6 is 0 Å². The second-order valence-corrected chi connectivity index (χ2v) is 6.90. The highest BCUT2D eigenvalue weighted by Crippen LogP contribution is 2.28. The molecular formula is C18H27NO4. The zero-order chi connectivity index (χ0) is 17.7. The Morgan fingerprint density at radius 2 is 1.83 bits per heavy atom. The molecule has 0 aliphatic rings. The SMILES string of the molecule is CCC(CNC(=O)OC(C)(C)C)(Cc1ccccc1C)C(=O)O. The number of aryl methyl sites for hydroxylation is 1. The van der Waals surface area contributed by atoms with E-state index in [1.165, 1.54) is 0 Å². The van der Waals surface area contributed by atoms with Crippen LogP contribution < -0.4 is 5.32 Å². The molecule has 5 nitrogen and oxygen atoms in total. The Kier molecular flexibility index (Phi) is 6.19. The number of hydrogen-bond donors (Lipinski definition) is 2. The fourth-order valence-electron chi connectivity index (χ4n) is 2.34. The minimum absolute atomic E-state index is 0.0298. The van der Waals surface area contributed by atoms with Crippen molar-refractivity contribution >= 4 is 12.1 Å². The summed E-state index contributed by atoms with van der Waals surface area (Å²) < 4.78 is 5.19. The monoisotopic (exact) mass is 321 g/mol. The maximum Gasteiger partial charge on any atom is 0.407 e. The molecule has 0 saturated heterocycles. The van der Waals surface area contributed by atoms with E-state index >= 15 is 0 Å². The third-order valence-corrected chi connectivity index (χ3v) is 3.89. The van der Waals surface area contributed by atoms with Crippen LogP contribution in [0.15, 0.2) is 24.3 Å². The molecule has 0 fully saturated rings. The molecule has 0 saturated carbocycles. The number of nitrogens with one attached hydrogen (secondary N) is 1. The van der Waals surface area contributed by atoms with Gasteiger partial charge in [-0.25, -0.2) is 4.79 Å². The molecule has 1 atom stereocenters. The number of carboxylic acids is 1. The number of benzene rings is 1. The van der Waals surface area contributed by atoms with Crippen LogP contribution in [0.4, 0.5) is 4.79 Å². The molecule has 1 unspecified atom stereocenters. The van der Waals surface area contributed by atoms with Crippen LogP contribution in [-0.2, 0) is 16.0 Å². The fourth-order valence-corrected chi connectivity index (χ4v) is 2.34. The van der Waals surface area contributed by atoms with Crippen LogP contribution in [0.25, 0.3) is 0 Å². The number of carbonyl (C=O) groups is 2. The number of rotatable bonds is 6. The first-order valence-electron chi connectivity index (χ1n) is 7.84. The third kappa shape index (κ3) is 5.58. The first-order chi connectivity index (χ1) is 10.6. The molecule has 0 aliphatic heterocycles. The van der Waals surface area contributed by atoms with Gasteiger partial charge in [-0.05, 0) is 51.7 Å². The molecule has 1 amide bonds. The van der Waals surface area contributed by atoms with Crippen LogP contribution in [0.2, 0.25) is 0 Å². The lowest BCUT2D eigenvalue weighted by atomic mass is 9.78. The lowest BCUT2D eigenvalue weighted by Gasteiger charge is -2.30. The largest absolute Gasteiger partial charge is 0.481 e. The molecule has 1 aromatic rings. The van der Waals surface area contributed by atoms with Crippen LogP contribution in [0.5, 0.6) is 0 Å². The van der Waals surface area contributed by atoms with Crippen LogP contribution in [0, 0.1) is 12.3 Å². The quantitative estimate of drug-likeness (QED) is 0.840. The molecule has 1 rings (SSSR count). The number of alkyl carbamates (subject to hydrolysis) is 1. The summed E-state index contributed by atoms with van der Waals surface area (Å²) in [6, 6.07) is 7.70. The minimum Gasteiger partial charge on any atom is -0.481 e. The summed E-state index contributed by atoms with van der Waals surface area (Å²) in [6.07, 6.45) is 0.176. The van der Waals surface area contributed by atoms with Gasteiger partial charge in [-0.1, -0.05) is 31.2 Å². The molecule has 0 spiro atoms. The molecule has 23 heavy (non-hydrogen) atoms. The van der Waals surface area contributed by atoms with E-state index in [-0.39, 0.29) is 6.54 Å². The predicted octanol–water partition coefficient (Wildman–Crippen LogP) is 3.54. The molecule has 0 bridgehead atoms. The molecule has 0 heterocycles. The van der Waals surface area contributed by atoms with Crippen molar-refractivity contribution in [3.05, 3.63) is 35.4 Å². The minimum atomic E-state index is -1.05. The summed E-state index contributed by atoms with van der Waals surface area (Å²) in [6.45, 7) is 9.11. The highest BCUT2D eigenvalue weighted by molar-refractivity contribution is 5.77. The number of amides is 1. The molecule has 5 heteroatoms. The molecule has 128 valence electrons. The Labute approximate surface area is 138 Å². The first kappa shape index (κ1) is 19.0. The summed E-state index contributed by atoms with van der Waals surface area (Å²) in [4.78, 5) is 23.7. The van der Waals surface area contributed by atoms with Gasteiger partial charge in [-0.2, -0.15) is 0 Å². The van der Waals surface area contributed by atoms with E-state index in [9.17, 15) is 14.7 Å². The average Bonchev–Trinajstić information content (AvgIpc) is 2.43. The number of carbonyl (C=O) groups excluding carboxylic acids is 1. The fraction of sp³-hybridized carbons (Fsp3) is 0.556. The Balaban J connectivity index is 2.89. The van der Waals surface area contributed by atoms with Crippen molar-refractivity contribution in [3.8, 4) is 0 Å². The van der Waals surface area contributed by atoms with Gasteiger partial charge in [0.2, 0.25) is 0 Å². The van der Waals surface area contributed by atoms with Gasteiger partial charge in [0.05, 0.1) is 5.41 Å². The van der Waals surface area contributed by atoms with Crippen molar-refractivity contribution in [1.29, 1.82) is 0 Å². The van der Waals surface area contributed by atoms with E-state index in [4.69, 9.17) is 4.74 Å². The van der Waals surface area contributed by atoms with Gasteiger partial charge in [0.25, 0.3) is 0 Å². The van der Waals surface area contributed by atoms with Crippen LogP contribution in [0.3, 0.4) is 0 Å². The Morgan fingerprint density at radius 1 is 1.22 bits per heavy atom. The van der Waals surface area contributed by atoms with E-state index in [0.29, 0.717) is 12.8 Å². The molecule has 0 radical (unpaired) electrons. The van der Waals surface area contributed by atoms with Gasteiger partial charge in [-0.15, -0.1) is 0 Å². The summed E-state index contributed by atoms with van der Waals surface area (Å²) in [5.41, 5.74) is 0.355. The smallest absolute Gasteiger partial charge is 0.407 e. The van der Waals surface area contributed by atoms with E-state index in [2.05, 4.69) is 5.32 Å². The van der Waals surface area contributed by atoms with E-state index in [0.717, 1.165) is 11.1 Å². The first-order valence-corrected chi connectivity index (χ1v) is 7.84. The van der Waals surface area contributed by atoms with Gasteiger partial charge in [0.1, 0.15) is 5.60 Å². The van der Waals surface area contributed by atoms with E-state index in [1.807, 2.05) is 38.1 Å². The highest BCUT2D eigenvalue weighted by Gasteiger charge is 2.38.